The maximum atomic E-state index is 10.6. The average molecular weight is 290 g/mol. The molecule has 7 nitrogen and oxygen atoms in total. The van der Waals surface area contributed by atoms with Crippen LogP contribution in [-0.4, -0.2) is 39.5 Å². The molecule has 0 saturated carbocycles. The molecule has 0 amide bonds. The van der Waals surface area contributed by atoms with Gasteiger partial charge in [-0.05, 0) is 18.6 Å². The Labute approximate surface area is 122 Å². The molecule has 0 radical (unpaired) electrons. The Hall–Kier alpha value is -2.41. The highest BCUT2D eigenvalue weighted by Crippen LogP contribution is 2.14. The summed E-state index contributed by atoms with van der Waals surface area (Å²) >= 11 is 0. The van der Waals surface area contributed by atoms with Gasteiger partial charge in [0.15, 0.2) is 0 Å². The third-order valence-electron chi connectivity index (χ3n) is 3.14. The Morgan fingerprint density at radius 2 is 2.05 bits per heavy atom. The molecule has 0 bridgehead atoms. The predicted molar refractivity (Wildman–Crippen MR) is 79.2 cm³/mol. The van der Waals surface area contributed by atoms with Gasteiger partial charge in [0.2, 0.25) is 0 Å². The minimum absolute atomic E-state index is 0.00313. The van der Waals surface area contributed by atoms with E-state index >= 15 is 0 Å². The SMILES string of the molecule is O=[N+]([O-])c1cnn(CCN(CCCO)c2ccccc2)c1. The Morgan fingerprint density at radius 1 is 1.29 bits per heavy atom. The summed E-state index contributed by atoms with van der Waals surface area (Å²) in [5.74, 6) is 0. The van der Waals surface area contributed by atoms with Crippen molar-refractivity contribution < 1.29 is 10.0 Å². The molecule has 0 saturated heterocycles. The normalized spacial score (nSPS) is 10.5. The number of hydrogen-bond donors (Lipinski definition) is 1. The lowest BCUT2D eigenvalue weighted by Gasteiger charge is -2.24. The van der Waals surface area contributed by atoms with Gasteiger partial charge in [-0.2, -0.15) is 5.10 Å². The van der Waals surface area contributed by atoms with Gasteiger partial charge in [-0.3, -0.25) is 14.8 Å². The number of benzene rings is 1. The quantitative estimate of drug-likeness (QED) is 0.590. The molecule has 0 unspecified atom stereocenters. The Kier molecular flexibility index (Phi) is 5.28. The third-order valence-corrected chi connectivity index (χ3v) is 3.14. The molecular weight excluding hydrogens is 272 g/mol. The van der Waals surface area contributed by atoms with Crippen LogP contribution < -0.4 is 4.90 Å². The molecule has 1 N–H and O–H groups in total. The number of hydrogen-bond acceptors (Lipinski definition) is 5. The molecule has 112 valence electrons. The van der Waals surface area contributed by atoms with E-state index in [9.17, 15) is 10.1 Å². The summed E-state index contributed by atoms with van der Waals surface area (Å²) in [4.78, 5) is 12.3. The van der Waals surface area contributed by atoms with E-state index in [1.165, 1.54) is 12.4 Å². The van der Waals surface area contributed by atoms with Gasteiger partial charge in [-0.25, -0.2) is 0 Å². The highest BCUT2D eigenvalue weighted by atomic mass is 16.6. The summed E-state index contributed by atoms with van der Waals surface area (Å²) in [6.07, 6.45) is 3.35. The van der Waals surface area contributed by atoms with Gasteiger partial charge in [0.25, 0.3) is 0 Å². The first-order valence-corrected chi connectivity index (χ1v) is 6.78. The molecule has 1 aromatic heterocycles. The van der Waals surface area contributed by atoms with Crippen LogP contribution in [0.5, 0.6) is 0 Å². The van der Waals surface area contributed by atoms with Gasteiger partial charge in [0.1, 0.15) is 12.4 Å². The maximum absolute atomic E-state index is 10.6. The van der Waals surface area contributed by atoms with Gasteiger partial charge in [0.05, 0.1) is 11.5 Å². The summed E-state index contributed by atoms with van der Waals surface area (Å²) < 4.78 is 1.56. The van der Waals surface area contributed by atoms with Crippen molar-refractivity contribution in [2.75, 3.05) is 24.6 Å². The van der Waals surface area contributed by atoms with Crippen molar-refractivity contribution in [3.05, 3.63) is 52.8 Å². The van der Waals surface area contributed by atoms with E-state index in [1.54, 1.807) is 4.68 Å². The van der Waals surface area contributed by atoms with Crippen LogP contribution in [0.4, 0.5) is 11.4 Å². The maximum Gasteiger partial charge on any atom is 0.306 e. The smallest absolute Gasteiger partial charge is 0.306 e. The number of aliphatic hydroxyl groups excluding tert-OH is 1. The van der Waals surface area contributed by atoms with Crippen LogP contribution in [0.15, 0.2) is 42.7 Å². The lowest BCUT2D eigenvalue weighted by atomic mass is 10.2. The van der Waals surface area contributed by atoms with E-state index in [4.69, 9.17) is 5.11 Å². The van der Waals surface area contributed by atoms with Crippen molar-refractivity contribution in [3.63, 3.8) is 0 Å². The van der Waals surface area contributed by atoms with Crippen LogP contribution >= 0.6 is 0 Å². The second-order valence-electron chi connectivity index (χ2n) is 4.62. The van der Waals surface area contributed by atoms with E-state index in [0.717, 1.165) is 12.2 Å². The fourth-order valence-electron chi connectivity index (χ4n) is 2.06. The second kappa shape index (κ2) is 7.39. The van der Waals surface area contributed by atoms with E-state index in [0.29, 0.717) is 19.5 Å². The summed E-state index contributed by atoms with van der Waals surface area (Å²) in [5.41, 5.74) is 1.06. The van der Waals surface area contributed by atoms with Gasteiger partial charge >= 0.3 is 5.69 Å². The Morgan fingerprint density at radius 3 is 2.67 bits per heavy atom. The summed E-state index contributed by atoms with van der Waals surface area (Å²) in [6, 6.07) is 9.87. The molecule has 2 rings (SSSR count). The Bertz CT molecular complexity index is 571. The highest BCUT2D eigenvalue weighted by molar-refractivity contribution is 5.45. The first kappa shape index (κ1) is 15.0. The van der Waals surface area contributed by atoms with Crippen LogP contribution in [0.1, 0.15) is 6.42 Å². The third kappa shape index (κ3) is 4.28. The fraction of sp³-hybridized carbons (Fsp3) is 0.357. The molecule has 7 heteroatoms. The zero-order chi connectivity index (χ0) is 15.1. The molecule has 2 aromatic rings. The van der Waals surface area contributed by atoms with Crippen LogP contribution in [0, 0.1) is 10.1 Å². The topological polar surface area (TPSA) is 84.4 Å². The summed E-state index contributed by atoms with van der Waals surface area (Å²) in [6.45, 7) is 2.08. The van der Waals surface area contributed by atoms with Crippen LogP contribution in [0.25, 0.3) is 0 Å². The van der Waals surface area contributed by atoms with E-state index in [2.05, 4.69) is 10.00 Å². The van der Waals surface area contributed by atoms with Crippen molar-refractivity contribution in [3.8, 4) is 0 Å². The first-order valence-electron chi connectivity index (χ1n) is 6.78. The number of aliphatic hydroxyl groups is 1. The van der Waals surface area contributed by atoms with Gasteiger partial charge < -0.3 is 10.0 Å². The predicted octanol–water partition coefficient (Wildman–Crippen LogP) is 1.68. The van der Waals surface area contributed by atoms with Crippen molar-refractivity contribution in [1.29, 1.82) is 0 Å². The van der Waals surface area contributed by atoms with E-state index < -0.39 is 4.92 Å². The molecule has 0 aliphatic heterocycles. The molecule has 0 aliphatic carbocycles. The first-order chi connectivity index (χ1) is 10.2. The molecule has 1 aromatic carbocycles. The second-order valence-corrected chi connectivity index (χ2v) is 4.62. The minimum atomic E-state index is -0.454. The van der Waals surface area contributed by atoms with Crippen LogP contribution in [-0.2, 0) is 6.54 Å². The van der Waals surface area contributed by atoms with Crippen LogP contribution in [0.2, 0.25) is 0 Å². The number of anilines is 1. The zero-order valence-corrected chi connectivity index (χ0v) is 11.6. The van der Waals surface area contributed by atoms with E-state index in [-0.39, 0.29) is 12.3 Å². The average Bonchev–Trinajstić information content (AvgIpc) is 2.97. The van der Waals surface area contributed by atoms with Crippen molar-refractivity contribution in [2.45, 2.75) is 13.0 Å². The number of nitrogens with zero attached hydrogens (tertiary/aromatic N) is 4. The largest absolute Gasteiger partial charge is 0.396 e. The molecule has 0 atom stereocenters. The number of aromatic nitrogens is 2. The number of nitro groups is 1. The van der Waals surface area contributed by atoms with Crippen LogP contribution in [0.3, 0.4) is 0 Å². The van der Waals surface area contributed by atoms with Gasteiger partial charge in [0, 0.05) is 25.4 Å². The highest BCUT2D eigenvalue weighted by Gasteiger charge is 2.10. The summed E-state index contributed by atoms with van der Waals surface area (Å²) in [5, 5.41) is 23.6. The number of rotatable bonds is 8. The molecule has 0 aliphatic rings. The molecule has 21 heavy (non-hydrogen) atoms. The standard InChI is InChI=1S/C14H18N4O3/c19-10-4-7-16(13-5-2-1-3-6-13)8-9-17-12-14(11-15-17)18(20)21/h1-3,5-6,11-12,19H,4,7-10H2. The monoisotopic (exact) mass is 290 g/mol. The minimum Gasteiger partial charge on any atom is -0.396 e. The van der Waals surface area contributed by atoms with Crippen molar-refractivity contribution in [2.24, 2.45) is 0 Å². The zero-order valence-electron chi connectivity index (χ0n) is 11.6. The molecule has 0 fully saturated rings. The lowest BCUT2D eigenvalue weighted by molar-refractivity contribution is -0.385. The Balaban J connectivity index is 1.99. The summed E-state index contributed by atoms with van der Waals surface area (Å²) in [7, 11) is 0. The lowest BCUT2D eigenvalue weighted by Crippen LogP contribution is -2.29. The van der Waals surface area contributed by atoms with E-state index in [1.807, 2.05) is 30.3 Å². The number of para-hydroxylation sites is 1. The van der Waals surface area contributed by atoms with Crippen molar-refractivity contribution >= 4 is 11.4 Å². The molecular formula is C14H18N4O3. The van der Waals surface area contributed by atoms with Crippen molar-refractivity contribution in [1.82, 2.24) is 9.78 Å². The molecule has 0 spiro atoms. The van der Waals surface area contributed by atoms with Gasteiger partial charge in [-0.15, -0.1) is 0 Å². The van der Waals surface area contributed by atoms with Gasteiger partial charge in [-0.1, -0.05) is 18.2 Å². The fourth-order valence-corrected chi connectivity index (χ4v) is 2.06. The molecule has 1 heterocycles.